The first kappa shape index (κ1) is 26.5. The van der Waals surface area contributed by atoms with Gasteiger partial charge >= 0.3 is 0 Å². The van der Waals surface area contributed by atoms with Crippen molar-refractivity contribution in [2.75, 3.05) is 33.7 Å². The zero-order valence-corrected chi connectivity index (χ0v) is 22.3. The van der Waals surface area contributed by atoms with Crippen molar-refractivity contribution >= 4 is 6.08 Å². The lowest BCUT2D eigenvalue weighted by atomic mass is 9.93. The number of nitrogens with zero attached hydrogens (tertiary/aromatic N) is 6. The van der Waals surface area contributed by atoms with E-state index in [0.29, 0.717) is 18.5 Å². The third-order valence-electron chi connectivity index (χ3n) is 7.81. The standard InChI is InChI=1S/C19H30N6.C9H12N2/c1-5-14-7-8-18-22-16(12-21-6-2)17(11-20)25(18)19(14)24-10-9-15(13-24)23(3)4;10-8-5-1-3-7-4-2-6-11-9(7)8/h7-8,14-15,19,21H,5-6,9-10,12-13H2,1-4H3;2,4,6,8H,1,3,5,10H2/t14?,15-,19?;8-/m10/s1. The Balaban J connectivity index is 0.000000229. The minimum atomic E-state index is 0.181. The molecule has 8 heteroatoms. The molecule has 3 N–H and O–H groups in total. The summed E-state index contributed by atoms with van der Waals surface area (Å²) < 4.78 is 2.19. The molecule has 0 spiro atoms. The SMILES string of the molecule is CCNCc1nc2n(c1C#N)C(N1CC[C@@H](N(C)C)C1)C(CC)C=C2.N[C@H]1CCCc2cccnc21. The fourth-order valence-corrected chi connectivity index (χ4v) is 5.73. The summed E-state index contributed by atoms with van der Waals surface area (Å²) in [6.45, 7) is 7.95. The van der Waals surface area contributed by atoms with Crippen LogP contribution in [0.3, 0.4) is 0 Å². The molecule has 3 aliphatic rings. The van der Waals surface area contributed by atoms with Crippen LogP contribution in [-0.4, -0.2) is 64.1 Å². The van der Waals surface area contributed by atoms with Gasteiger partial charge in [-0.1, -0.05) is 26.0 Å². The maximum absolute atomic E-state index is 9.83. The average molecular weight is 491 g/mol. The van der Waals surface area contributed by atoms with Crippen molar-refractivity contribution < 1.29 is 0 Å². The first-order valence-electron chi connectivity index (χ1n) is 13.5. The van der Waals surface area contributed by atoms with Gasteiger partial charge in [-0.2, -0.15) is 5.26 Å². The Morgan fingerprint density at radius 2 is 2.11 bits per heavy atom. The number of likely N-dealkylation sites (N-methyl/N-ethyl adjacent to an activating group) is 1. The number of nitrogens with two attached hydrogens (primary N) is 1. The third kappa shape index (κ3) is 5.55. The van der Waals surface area contributed by atoms with Crippen LogP contribution in [-0.2, 0) is 13.0 Å². The largest absolute Gasteiger partial charge is 0.323 e. The van der Waals surface area contributed by atoms with E-state index in [-0.39, 0.29) is 12.2 Å². The highest BCUT2D eigenvalue weighted by atomic mass is 15.4. The molecule has 4 atom stereocenters. The first-order valence-corrected chi connectivity index (χ1v) is 13.5. The summed E-state index contributed by atoms with van der Waals surface area (Å²) in [6.07, 6.45) is 12.1. The molecule has 2 aromatic heterocycles. The normalized spacial score (nSPS) is 25.1. The Morgan fingerprint density at radius 3 is 2.78 bits per heavy atom. The molecule has 2 aromatic rings. The van der Waals surface area contributed by atoms with Crippen molar-refractivity contribution in [1.82, 2.24) is 29.7 Å². The smallest absolute Gasteiger partial charge is 0.146 e. The number of hydrogen-bond acceptors (Lipinski definition) is 7. The molecule has 0 radical (unpaired) electrons. The van der Waals surface area contributed by atoms with Gasteiger partial charge in [0.1, 0.15) is 17.6 Å². The molecule has 0 aromatic carbocycles. The van der Waals surface area contributed by atoms with Crippen LogP contribution in [0.5, 0.6) is 0 Å². The van der Waals surface area contributed by atoms with Crippen LogP contribution in [0.2, 0.25) is 0 Å². The Labute approximate surface area is 216 Å². The second-order valence-corrected chi connectivity index (χ2v) is 10.3. The molecule has 2 aliphatic heterocycles. The van der Waals surface area contributed by atoms with Gasteiger partial charge in [0, 0.05) is 43.8 Å². The molecule has 36 heavy (non-hydrogen) atoms. The lowest BCUT2D eigenvalue weighted by Gasteiger charge is -2.37. The number of rotatable bonds is 6. The van der Waals surface area contributed by atoms with Crippen molar-refractivity contribution in [1.29, 1.82) is 5.26 Å². The van der Waals surface area contributed by atoms with E-state index in [0.717, 1.165) is 61.8 Å². The quantitative estimate of drug-likeness (QED) is 0.640. The molecule has 194 valence electrons. The van der Waals surface area contributed by atoms with Gasteiger partial charge in [0.25, 0.3) is 0 Å². The van der Waals surface area contributed by atoms with Crippen molar-refractivity contribution in [3.63, 3.8) is 0 Å². The fraction of sp³-hybridized carbons (Fsp3) is 0.607. The van der Waals surface area contributed by atoms with Crippen LogP contribution in [0.1, 0.15) is 80.2 Å². The lowest BCUT2D eigenvalue weighted by molar-refractivity contribution is 0.114. The van der Waals surface area contributed by atoms with Gasteiger partial charge < -0.3 is 16.0 Å². The van der Waals surface area contributed by atoms with Crippen molar-refractivity contribution in [3.05, 3.63) is 52.9 Å². The predicted octanol–water partition coefficient (Wildman–Crippen LogP) is 3.47. The van der Waals surface area contributed by atoms with Crippen LogP contribution >= 0.6 is 0 Å². The molecule has 2 unspecified atom stereocenters. The maximum Gasteiger partial charge on any atom is 0.146 e. The molecule has 8 nitrogen and oxygen atoms in total. The van der Waals surface area contributed by atoms with E-state index in [1.54, 1.807) is 0 Å². The highest BCUT2D eigenvalue weighted by Crippen LogP contribution is 2.37. The van der Waals surface area contributed by atoms with Crippen molar-refractivity contribution in [2.45, 2.75) is 70.7 Å². The number of pyridine rings is 1. The fourth-order valence-electron chi connectivity index (χ4n) is 5.73. The number of aryl methyl sites for hydroxylation is 1. The Hall–Kier alpha value is -2.57. The highest BCUT2D eigenvalue weighted by Gasteiger charge is 2.37. The molecule has 0 saturated carbocycles. The van der Waals surface area contributed by atoms with Gasteiger partial charge in [-0.25, -0.2) is 4.98 Å². The molecule has 0 bridgehead atoms. The van der Waals surface area contributed by atoms with Crippen LogP contribution in [0.4, 0.5) is 0 Å². The topological polar surface area (TPSA) is 99.0 Å². The summed E-state index contributed by atoms with van der Waals surface area (Å²) >= 11 is 0. The van der Waals surface area contributed by atoms with Crippen molar-refractivity contribution in [3.8, 4) is 6.07 Å². The summed E-state index contributed by atoms with van der Waals surface area (Å²) in [5.41, 5.74) is 9.92. The molecule has 4 heterocycles. The molecule has 0 amide bonds. The lowest BCUT2D eigenvalue weighted by Crippen LogP contribution is -2.40. The van der Waals surface area contributed by atoms with Gasteiger partial charge in [0.2, 0.25) is 0 Å². The van der Waals surface area contributed by atoms with E-state index < -0.39 is 0 Å². The van der Waals surface area contributed by atoms with Crippen molar-refractivity contribution in [2.24, 2.45) is 11.7 Å². The Morgan fingerprint density at radius 1 is 1.28 bits per heavy atom. The number of nitriles is 1. The molecule has 5 rings (SSSR count). The number of imidazole rings is 1. The van der Waals surface area contributed by atoms with E-state index in [4.69, 9.17) is 10.7 Å². The summed E-state index contributed by atoms with van der Waals surface area (Å²) in [6, 6.07) is 7.31. The molecule has 1 aliphatic carbocycles. The number of aromatic nitrogens is 3. The van der Waals surface area contributed by atoms with Gasteiger partial charge in [0.15, 0.2) is 0 Å². The Bertz CT molecular complexity index is 1080. The third-order valence-corrected chi connectivity index (χ3v) is 7.81. The summed E-state index contributed by atoms with van der Waals surface area (Å²) in [5.74, 6) is 1.34. The first-order chi connectivity index (χ1) is 17.5. The van der Waals surface area contributed by atoms with E-state index >= 15 is 0 Å². The van der Waals surface area contributed by atoms with E-state index in [9.17, 15) is 5.26 Å². The molecular weight excluding hydrogens is 448 g/mol. The monoisotopic (exact) mass is 490 g/mol. The number of likely N-dealkylation sites (tertiary alicyclic amines) is 1. The van der Waals surface area contributed by atoms with Gasteiger partial charge in [-0.05, 0) is 70.5 Å². The van der Waals surface area contributed by atoms with E-state index in [1.807, 2.05) is 12.3 Å². The van der Waals surface area contributed by atoms with Crippen LogP contribution in [0, 0.1) is 17.2 Å². The van der Waals surface area contributed by atoms with E-state index in [2.05, 4.69) is 76.9 Å². The Kier molecular flexibility index (Phi) is 8.91. The summed E-state index contributed by atoms with van der Waals surface area (Å²) in [5, 5.41) is 13.1. The molecular formula is C28H42N8. The second kappa shape index (κ2) is 12.1. The highest BCUT2D eigenvalue weighted by molar-refractivity contribution is 5.49. The predicted molar refractivity (Wildman–Crippen MR) is 144 cm³/mol. The zero-order chi connectivity index (χ0) is 25.7. The van der Waals surface area contributed by atoms with Crippen LogP contribution < -0.4 is 11.1 Å². The second-order valence-electron chi connectivity index (χ2n) is 10.3. The number of hydrogen-bond donors (Lipinski definition) is 2. The number of fused-ring (bicyclic) bond motifs is 2. The number of nitrogens with one attached hydrogen (secondary N) is 1. The molecule has 1 fully saturated rings. The summed E-state index contributed by atoms with van der Waals surface area (Å²) in [4.78, 5) is 13.9. The van der Waals surface area contributed by atoms with E-state index in [1.165, 1.54) is 18.4 Å². The summed E-state index contributed by atoms with van der Waals surface area (Å²) in [7, 11) is 4.31. The minimum absolute atomic E-state index is 0.181. The molecule has 1 saturated heterocycles. The zero-order valence-electron chi connectivity index (χ0n) is 22.3. The van der Waals surface area contributed by atoms with Crippen LogP contribution in [0.15, 0.2) is 24.4 Å². The van der Waals surface area contributed by atoms with Gasteiger partial charge in [-0.15, -0.1) is 0 Å². The van der Waals surface area contributed by atoms with Gasteiger partial charge in [0.05, 0.1) is 17.6 Å². The maximum atomic E-state index is 9.83. The average Bonchev–Trinajstić information content (AvgIpc) is 3.52. The van der Waals surface area contributed by atoms with Gasteiger partial charge in [-0.3, -0.25) is 14.5 Å². The minimum Gasteiger partial charge on any atom is -0.323 e. The van der Waals surface area contributed by atoms with Crippen LogP contribution in [0.25, 0.3) is 6.08 Å².